The number of benzene rings is 2. The van der Waals surface area contributed by atoms with Gasteiger partial charge in [0.2, 0.25) is 0 Å². The fourth-order valence-electron chi connectivity index (χ4n) is 5.22. The van der Waals surface area contributed by atoms with Gasteiger partial charge in [-0.2, -0.15) is 0 Å². The fourth-order valence-corrected chi connectivity index (χ4v) is 5.22. The van der Waals surface area contributed by atoms with Crippen LogP contribution in [0.3, 0.4) is 0 Å². The Bertz CT molecular complexity index is 1130. The monoisotopic (exact) mass is 476 g/mol. The van der Waals surface area contributed by atoms with Crippen molar-refractivity contribution >= 4 is 18.0 Å². The van der Waals surface area contributed by atoms with Gasteiger partial charge in [-0.3, -0.25) is 4.79 Å². The Hall–Kier alpha value is -3.65. The molecule has 2 unspecified atom stereocenters. The summed E-state index contributed by atoms with van der Waals surface area (Å²) in [6, 6.07) is 16.3. The molecule has 2 heterocycles. The molecule has 0 saturated carbocycles. The number of carboxylic acids is 1. The van der Waals surface area contributed by atoms with Gasteiger partial charge in [0, 0.05) is 43.7 Å². The highest BCUT2D eigenvalue weighted by Gasteiger charge is 2.37. The topological polar surface area (TPSA) is 105 Å². The number of carbonyl (C=O) groups excluding carboxylic acids is 2. The number of alkyl carbamates (subject to hydrolysis) is 1. The molecule has 2 amide bonds. The summed E-state index contributed by atoms with van der Waals surface area (Å²) in [5.41, 5.74) is 4.97. The van der Waals surface area contributed by atoms with Crippen molar-refractivity contribution in [3.63, 3.8) is 0 Å². The first-order valence-electron chi connectivity index (χ1n) is 11.9. The summed E-state index contributed by atoms with van der Waals surface area (Å²) in [5.74, 6) is -1.28. The number of aliphatic carboxylic acids is 1. The zero-order chi connectivity index (χ0) is 24.4. The predicted octanol–water partition coefficient (Wildman–Crippen LogP) is 3.17. The summed E-state index contributed by atoms with van der Waals surface area (Å²) in [6.07, 6.45) is 1.38. The number of carbonyl (C=O) groups is 3. The van der Waals surface area contributed by atoms with Gasteiger partial charge in [0.15, 0.2) is 0 Å². The smallest absolute Gasteiger partial charge is 0.407 e. The maximum Gasteiger partial charge on any atom is 0.407 e. The first kappa shape index (κ1) is 23.1. The molecule has 0 spiro atoms. The summed E-state index contributed by atoms with van der Waals surface area (Å²) in [5, 5.41) is 11.9. The molecule has 2 aliphatic heterocycles. The van der Waals surface area contributed by atoms with Crippen LogP contribution < -0.4 is 5.32 Å². The van der Waals surface area contributed by atoms with E-state index in [1.54, 1.807) is 11.0 Å². The summed E-state index contributed by atoms with van der Waals surface area (Å²) >= 11 is 0. The Balaban J connectivity index is 1.15. The molecule has 2 aromatic rings. The van der Waals surface area contributed by atoms with Gasteiger partial charge in [-0.05, 0) is 35.1 Å². The van der Waals surface area contributed by atoms with Gasteiger partial charge in [0.1, 0.15) is 12.7 Å². The van der Waals surface area contributed by atoms with Gasteiger partial charge >= 0.3 is 12.1 Å². The van der Waals surface area contributed by atoms with Crippen LogP contribution in [0.5, 0.6) is 0 Å². The molecule has 1 fully saturated rings. The summed E-state index contributed by atoms with van der Waals surface area (Å²) < 4.78 is 11.3. The van der Waals surface area contributed by atoms with Crippen molar-refractivity contribution in [3.8, 4) is 11.1 Å². The van der Waals surface area contributed by atoms with Gasteiger partial charge in [-0.25, -0.2) is 9.59 Å². The standard InChI is InChI=1S/C27H28N2O6/c30-25(29-12-9-17(10-13-29)26(31)32)24-18(11-14-34-24)15-28-27(33)35-16-23-21-7-3-1-5-19(21)20-6-2-4-8-22(20)23/h1-9,18,23-24H,10-16H2,(H,28,33)(H,31,32). The minimum Gasteiger partial charge on any atom is -0.478 e. The number of hydrogen-bond donors (Lipinski definition) is 2. The number of fused-ring (bicyclic) bond motifs is 3. The van der Waals surface area contributed by atoms with Gasteiger partial charge < -0.3 is 24.8 Å². The van der Waals surface area contributed by atoms with Crippen LogP contribution in [-0.2, 0) is 19.1 Å². The number of carboxylic acid groups (broad SMARTS) is 1. The van der Waals surface area contributed by atoms with Crippen molar-refractivity contribution in [2.24, 2.45) is 5.92 Å². The third-order valence-corrected chi connectivity index (χ3v) is 7.11. The first-order chi connectivity index (χ1) is 17.0. The van der Waals surface area contributed by atoms with E-state index in [9.17, 15) is 14.4 Å². The summed E-state index contributed by atoms with van der Waals surface area (Å²) in [6.45, 7) is 1.56. The highest BCUT2D eigenvalue weighted by Crippen LogP contribution is 2.44. The van der Waals surface area contributed by atoms with Crippen LogP contribution in [0.15, 0.2) is 60.2 Å². The van der Waals surface area contributed by atoms with E-state index in [2.05, 4.69) is 29.6 Å². The number of amides is 2. The van der Waals surface area contributed by atoms with Crippen molar-refractivity contribution in [2.75, 3.05) is 32.8 Å². The highest BCUT2D eigenvalue weighted by molar-refractivity contribution is 5.88. The van der Waals surface area contributed by atoms with Crippen LogP contribution in [0.25, 0.3) is 11.1 Å². The lowest BCUT2D eigenvalue weighted by atomic mass is 9.98. The van der Waals surface area contributed by atoms with E-state index in [1.807, 2.05) is 24.3 Å². The number of nitrogens with zero attached hydrogens (tertiary/aromatic N) is 1. The molecule has 8 nitrogen and oxygen atoms in total. The predicted molar refractivity (Wildman–Crippen MR) is 128 cm³/mol. The third kappa shape index (κ3) is 4.66. The lowest BCUT2D eigenvalue weighted by molar-refractivity contribution is -0.143. The third-order valence-electron chi connectivity index (χ3n) is 7.11. The molecule has 182 valence electrons. The second-order valence-electron chi connectivity index (χ2n) is 9.12. The van der Waals surface area contributed by atoms with E-state index in [0.29, 0.717) is 31.6 Å². The number of rotatable bonds is 6. The quantitative estimate of drug-likeness (QED) is 0.664. The normalized spacial score (nSPS) is 21.1. The SMILES string of the molecule is O=C(NCC1CCOC1C(=O)N1CC=C(C(=O)O)CC1)OCC1c2ccccc2-c2ccccc21. The average molecular weight is 477 g/mol. The van der Waals surface area contributed by atoms with E-state index < -0.39 is 18.2 Å². The van der Waals surface area contributed by atoms with E-state index in [4.69, 9.17) is 14.6 Å². The van der Waals surface area contributed by atoms with Crippen LogP contribution in [0, 0.1) is 5.92 Å². The molecule has 0 radical (unpaired) electrons. The molecule has 2 atom stereocenters. The lowest BCUT2D eigenvalue weighted by Crippen LogP contribution is -2.46. The average Bonchev–Trinajstić information content (AvgIpc) is 3.48. The Morgan fingerprint density at radius 3 is 2.37 bits per heavy atom. The maximum absolute atomic E-state index is 12.9. The van der Waals surface area contributed by atoms with Crippen molar-refractivity contribution in [3.05, 3.63) is 71.3 Å². The van der Waals surface area contributed by atoms with Gasteiger partial charge in [0.25, 0.3) is 5.91 Å². The molecule has 1 saturated heterocycles. The van der Waals surface area contributed by atoms with Gasteiger partial charge in [-0.15, -0.1) is 0 Å². The highest BCUT2D eigenvalue weighted by atomic mass is 16.5. The minimum absolute atomic E-state index is 0.0138. The summed E-state index contributed by atoms with van der Waals surface area (Å²) in [7, 11) is 0. The zero-order valence-electron chi connectivity index (χ0n) is 19.3. The molecule has 2 aromatic carbocycles. The van der Waals surface area contributed by atoms with E-state index in [0.717, 1.165) is 11.1 Å². The number of hydrogen-bond acceptors (Lipinski definition) is 5. The first-order valence-corrected chi connectivity index (χ1v) is 11.9. The Morgan fingerprint density at radius 2 is 1.74 bits per heavy atom. The van der Waals surface area contributed by atoms with Crippen LogP contribution in [0.1, 0.15) is 29.9 Å². The molecule has 5 rings (SSSR count). The fraction of sp³-hybridized carbons (Fsp3) is 0.370. The van der Waals surface area contributed by atoms with Crippen LogP contribution >= 0.6 is 0 Å². The molecule has 0 aromatic heterocycles. The minimum atomic E-state index is -0.945. The van der Waals surface area contributed by atoms with Crippen LogP contribution in [0.4, 0.5) is 4.79 Å². The molecule has 2 N–H and O–H groups in total. The zero-order valence-corrected chi connectivity index (χ0v) is 19.3. The van der Waals surface area contributed by atoms with E-state index >= 15 is 0 Å². The maximum atomic E-state index is 12.9. The Labute approximate surface area is 203 Å². The molecule has 3 aliphatic rings. The van der Waals surface area contributed by atoms with Crippen LogP contribution in [-0.4, -0.2) is 66.9 Å². The Kier molecular flexibility index (Phi) is 6.55. The van der Waals surface area contributed by atoms with E-state index in [1.165, 1.54) is 11.1 Å². The second kappa shape index (κ2) is 9.92. The van der Waals surface area contributed by atoms with E-state index in [-0.39, 0.29) is 37.4 Å². The van der Waals surface area contributed by atoms with Crippen LogP contribution in [0.2, 0.25) is 0 Å². The molecular formula is C27H28N2O6. The summed E-state index contributed by atoms with van der Waals surface area (Å²) in [4.78, 5) is 38.2. The number of nitrogens with one attached hydrogen (secondary N) is 1. The largest absolute Gasteiger partial charge is 0.478 e. The van der Waals surface area contributed by atoms with Gasteiger partial charge in [0.05, 0.1) is 0 Å². The Morgan fingerprint density at radius 1 is 1.06 bits per heavy atom. The van der Waals surface area contributed by atoms with Crippen molar-refractivity contribution in [1.29, 1.82) is 0 Å². The molecule has 1 aliphatic carbocycles. The molecule has 8 heteroatoms. The van der Waals surface area contributed by atoms with Gasteiger partial charge in [-0.1, -0.05) is 54.6 Å². The molecule has 35 heavy (non-hydrogen) atoms. The van der Waals surface area contributed by atoms with Crippen molar-refractivity contribution < 1.29 is 29.0 Å². The number of ether oxygens (including phenoxy) is 2. The second-order valence-corrected chi connectivity index (χ2v) is 9.12. The van der Waals surface area contributed by atoms with Crippen molar-refractivity contribution in [2.45, 2.75) is 24.9 Å². The van der Waals surface area contributed by atoms with Crippen molar-refractivity contribution in [1.82, 2.24) is 10.2 Å². The lowest BCUT2D eigenvalue weighted by Gasteiger charge is -2.29. The molecular weight excluding hydrogens is 448 g/mol. The molecule has 0 bridgehead atoms.